The van der Waals surface area contributed by atoms with Crippen LogP contribution in [0, 0.1) is 0 Å². The summed E-state index contributed by atoms with van der Waals surface area (Å²) in [6, 6.07) is 12.8. The Morgan fingerprint density at radius 3 is 2.71 bits per heavy atom. The number of benzene rings is 1. The molecule has 2 heterocycles. The van der Waals surface area contributed by atoms with Crippen molar-refractivity contribution in [3.8, 4) is 0 Å². The molecule has 4 nitrogen and oxygen atoms in total. The van der Waals surface area contributed by atoms with Crippen LogP contribution in [0.5, 0.6) is 0 Å². The molecule has 1 fully saturated rings. The van der Waals surface area contributed by atoms with E-state index in [0.717, 1.165) is 24.3 Å². The fourth-order valence-corrected chi connectivity index (χ4v) is 5.30. The van der Waals surface area contributed by atoms with Gasteiger partial charge in [0.25, 0.3) is 0 Å². The molecule has 0 spiro atoms. The SMILES string of the molecule is O=S(=O)(CCN1CCC[C@@H]1C[C@@H](O)c1cccs1)c1ccccc1. The topological polar surface area (TPSA) is 57.6 Å². The van der Waals surface area contributed by atoms with E-state index in [1.807, 2.05) is 23.6 Å². The maximum Gasteiger partial charge on any atom is 0.179 e. The van der Waals surface area contributed by atoms with Crippen molar-refractivity contribution in [1.29, 1.82) is 0 Å². The van der Waals surface area contributed by atoms with Crippen LogP contribution in [0.1, 0.15) is 30.2 Å². The Hall–Kier alpha value is -1.21. The summed E-state index contributed by atoms with van der Waals surface area (Å²) in [5.74, 6) is 0.128. The predicted octanol–water partition coefficient (Wildman–Crippen LogP) is 3.11. The van der Waals surface area contributed by atoms with Crippen LogP contribution in [0.4, 0.5) is 0 Å². The molecule has 0 aliphatic carbocycles. The van der Waals surface area contributed by atoms with Gasteiger partial charge in [-0.1, -0.05) is 24.3 Å². The lowest BCUT2D eigenvalue weighted by Gasteiger charge is -2.26. The summed E-state index contributed by atoms with van der Waals surface area (Å²) >= 11 is 1.57. The highest BCUT2D eigenvalue weighted by Gasteiger charge is 2.28. The first-order chi connectivity index (χ1) is 11.6. The van der Waals surface area contributed by atoms with Gasteiger partial charge in [0, 0.05) is 17.5 Å². The molecule has 0 radical (unpaired) electrons. The van der Waals surface area contributed by atoms with E-state index in [-0.39, 0.29) is 11.8 Å². The normalized spacial score (nSPS) is 20.3. The summed E-state index contributed by atoms with van der Waals surface area (Å²) in [4.78, 5) is 3.59. The third kappa shape index (κ3) is 4.25. The van der Waals surface area contributed by atoms with Crippen molar-refractivity contribution >= 4 is 21.2 Å². The molecule has 130 valence electrons. The Labute approximate surface area is 147 Å². The average Bonchev–Trinajstić information content (AvgIpc) is 3.26. The summed E-state index contributed by atoms with van der Waals surface area (Å²) in [5.41, 5.74) is 0. The van der Waals surface area contributed by atoms with Crippen molar-refractivity contribution in [3.63, 3.8) is 0 Å². The Kier molecular flexibility index (Phi) is 5.71. The minimum Gasteiger partial charge on any atom is -0.388 e. The van der Waals surface area contributed by atoms with Gasteiger partial charge in [-0.3, -0.25) is 4.90 Å². The van der Waals surface area contributed by atoms with Gasteiger partial charge in [0.2, 0.25) is 0 Å². The second-order valence-corrected chi connectivity index (χ2v) is 9.32. The van der Waals surface area contributed by atoms with E-state index in [9.17, 15) is 13.5 Å². The maximum atomic E-state index is 12.4. The van der Waals surface area contributed by atoms with Gasteiger partial charge in [0.1, 0.15) is 0 Å². The summed E-state index contributed by atoms with van der Waals surface area (Å²) in [5, 5.41) is 12.3. The monoisotopic (exact) mass is 365 g/mol. The summed E-state index contributed by atoms with van der Waals surface area (Å²) in [6.45, 7) is 1.44. The number of aliphatic hydroxyl groups is 1. The number of thiophene rings is 1. The minimum absolute atomic E-state index is 0.128. The second-order valence-electron chi connectivity index (χ2n) is 6.23. The van der Waals surface area contributed by atoms with Gasteiger partial charge in [-0.05, 0) is 49.4 Å². The van der Waals surface area contributed by atoms with Gasteiger partial charge >= 0.3 is 0 Å². The van der Waals surface area contributed by atoms with Gasteiger partial charge in [0.15, 0.2) is 9.84 Å². The molecule has 2 atom stereocenters. The number of hydrogen-bond donors (Lipinski definition) is 1. The molecule has 1 aliphatic heterocycles. The first-order valence-electron chi connectivity index (χ1n) is 8.29. The van der Waals surface area contributed by atoms with Crippen LogP contribution in [-0.2, 0) is 9.84 Å². The van der Waals surface area contributed by atoms with Crippen molar-refractivity contribution in [2.24, 2.45) is 0 Å². The highest BCUT2D eigenvalue weighted by molar-refractivity contribution is 7.91. The van der Waals surface area contributed by atoms with Crippen LogP contribution < -0.4 is 0 Å². The molecule has 0 saturated carbocycles. The number of hydrogen-bond acceptors (Lipinski definition) is 5. The second kappa shape index (κ2) is 7.78. The van der Waals surface area contributed by atoms with E-state index < -0.39 is 15.9 Å². The summed E-state index contributed by atoms with van der Waals surface area (Å²) in [6.07, 6.45) is 2.30. The smallest absolute Gasteiger partial charge is 0.179 e. The lowest BCUT2D eigenvalue weighted by atomic mass is 10.1. The number of aliphatic hydroxyl groups excluding tert-OH is 1. The van der Waals surface area contributed by atoms with E-state index in [4.69, 9.17) is 0 Å². The Morgan fingerprint density at radius 2 is 2.00 bits per heavy atom. The van der Waals surface area contributed by atoms with Crippen molar-refractivity contribution in [1.82, 2.24) is 4.90 Å². The van der Waals surface area contributed by atoms with E-state index >= 15 is 0 Å². The molecule has 24 heavy (non-hydrogen) atoms. The number of likely N-dealkylation sites (tertiary alicyclic amines) is 1. The zero-order chi connectivity index (χ0) is 17.0. The molecule has 1 aliphatic rings. The lowest BCUT2D eigenvalue weighted by molar-refractivity contribution is 0.126. The Balaban J connectivity index is 1.58. The Bertz CT molecular complexity index is 729. The molecule has 2 aromatic rings. The summed E-state index contributed by atoms with van der Waals surface area (Å²) in [7, 11) is -3.24. The Morgan fingerprint density at radius 1 is 1.21 bits per heavy atom. The van der Waals surface area contributed by atoms with Crippen molar-refractivity contribution in [2.45, 2.75) is 36.3 Å². The molecule has 1 N–H and O–H groups in total. The van der Waals surface area contributed by atoms with Gasteiger partial charge in [-0.25, -0.2) is 8.42 Å². The highest BCUT2D eigenvalue weighted by Crippen LogP contribution is 2.29. The highest BCUT2D eigenvalue weighted by atomic mass is 32.2. The zero-order valence-corrected chi connectivity index (χ0v) is 15.2. The molecule has 3 rings (SSSR count). The number of nitrogens with zero attached hydrogens (tertiary/aromatic N) is 1. The fourth-order valence-electron chi connectivity index (χ4n) is 3.29. The van der Waals surface area contributed by atoms with Crippen LogP contribution in [0.3, 0.4) is 0 Å². The number of rotatable bonds is 7. The van der Waals surface area contributed by atoms with Crippen LogP contribution in [0.2, 0.25) is 0 Å². The van der Waals surface area contributed by atoms with Crippen LogP contribution in [-0.4, -0.2) is 43.3 Å². The average molecular weight is 366 g/mol. The van der Waals surface area contributed by atoms with E-state index in [1.54, 1.807) is 35.6 Å². The van der Waals surface area contributed by atoms with Crippen LogP contribution in [0.25, 0.3) is 0 Å². The molecule has 1 aromatic carbocycles. The van der Waals surface area contributed by atoms with Gasteiger partial charge < -0.3 is 5.11 Å². The van der Waals surface area contributed by atoms with Crippen molar-refractivity contribution < 1.29 is 13.5 Å². The van der Waals surface area contributed by atoms with Gasteiger partial charge in [0.05, 0.1) is 16.8 Å². The van der Waals surface area contributed by atoms with E-state index in [0.29, 0.717) is 17.9 Å². The summed E-state index contributed by atoms with van der Waals surface area (Å²) < 4.78 is 24.9. The third-order valence-electron chi connectivity index (χ3n) is 4.62. The first-order valence-corrected chi connectivity index (χ1v) is 10.8. The van der Waals surface area contributed by atoms with Crippen molar-refractivity contribution in [2.75, 3.05) is 18.8 Å². The largest absolute Gasteiger partial charge is 0.388 e. The molecule has 1 aromatic heterocycles. The quantitative estimate of drug-likeness (QED) is 0.819. The van der Waals surface area contributed by atoms with Crippen molar-refractivity contribution in [3.05, 3.63) is 52.7 Å². The molecule has 0 unspecified atom stereocenters. The maximum absolute atomic E-state index is 12.4. The predicted molar refractivity (Wildman–Crippen MR) is 97.0 cm³/mol. The molecular weight excluding hydrogens is 342 g/mol. The van der Waals surface area contributed by atoms with Crippen LogP contribution in [0.15, 0.2) is 52.7 Å². The minimum atomic E-state index is -3.24. The zero-order valence-electron chi connectivity index (χ0n) is 13.5. The fraction of sp³-hybridized carbons (Fsp3) is 0.444. The molecule has 0 bridgehead atoms. The van der Waals surface area contributed by atoms with Gasteiger partial charge in [-0.2, -0.15) is 0 Å². The van der Waals surface area contributed by atoms with Gasteiger partial charge in [-0.15, -0.1) is 11.3 Å². The molecule has 6 heteroatoms. The molecular formula is C18H23NO3S2. The first kappa shape index (κ1) is 17.6. The molecule has 1 saturated heterocycles. The molecule has 0 amide bonds. The third-order valence-corrected chi connectivity index (χ3v) is 7.30. The van der Waals surface area contributed by atoms with Crippen LogP contribution >= 0.6 is 11.3 Å². The van der Waals surface area contributed by atoms with E-state index in [1.165, 1.54) is 0 Å². The number of sulfone groups is 1. The lowest BCUT2D eigenvalue weighted by Crippen LogP contribution is -2.34. The van der Waals surface area contributed by atoms with E-state index in [2.05, 4.69) is 4.90 Å². The standard InChI is InChI=1S/C18H23NO3S2/c20-17(18-9-5-12-23-18)14-15-6-4-10-19(15)11-13-24(21,22)16-7-2-1-3-8-16/h1-3,5,7-9,12,15,17,20H,4,6,10-11,13-14H2/t15-,17-/m1/s1.